The van der Waals surface area contributed by atoms with E-state index >= 15 is 0 Å². The largest absolute Gasteiger partial charge is 0.368 e. The molecule has 1 unspecified atom stereocenters. The lowest BCUT2D eigenvalue weighted by atomic mass is 10.2. The summed E-state index contributed by atoms with van der Waals surface area (Å²) >= 11 is 0. The molecule has 1 aliphatic carbocycles. The van der Waals surface area contributed by atoms with Gasteiger partial charge in [0, 0.05) is 25.2 Å². The van der Waals surface area contributed by atoms with Crippen molar-refractivity contribution in [1.82, 2.24) is 10.2 Å². The van der Waals surface area contributed by atoms with Crippen molar-refractivity contribution in [2.75, 3.05) is 13.1 Å². The minimum atomic E-state index is -0.250. The number of nitrogens with one attached hydrogen (secondary N) is 1. The highest BCUT2D eigenvalue weighted by molar-refractivity contribution is 5.80. The van der Waals surface area contributed by atoms with Gasteiger partial charge in [-0.1, -0.05) is 13.8 Å². The van der Waals surface area contributed by atoms with Crippen molar-refractivity contribution in [2.24, 2.45) is 11.7 Å². The van der Waals surface area contributed by atoms with E-state index in [4.69, 9.17) is 5.73 Å². The summed E-state index contributed by atoms with van der Waals surface area (Å²) in [6, 6.07) is 0.505. The Bertz CT molecular complexity index is 249. The van der Waals surface area contributed by atoms with Crippen molar-refractivity contribution in [3.05, 3.63) is 0 Å². The van der Waals surface area contributed by atoms with Crippen molar-refractivity contribution in [3.8, 4) is 0 Å². The van der Waals surface area contributed by atoms with E-state index in [0.717, 1.165) is 19.0 Å². The topological polar surface area (TPSA) is 58.4 Å². The first-order valence-electron chi connectivity index (χ1n) is 6.69. The van der Waals surface area contributed by atoms with Crippen molar-refractivity contribution < 1.29 is 4.79 Å². The summed E-state index contributed by atoms with van der Waals surface area (Å²) in [6.45, 7) is 10.3. The third-order valence-electron chi connectivity index (χ3n) is 3.21. The van der Waals surface area contributed by atoms with Crippen LogP contribution in [-0.4, -0.2) is 42.0 Å². The molecule has 0 spiro atoms. The zero-order chi connectivity index (χ0) is 13.0. The van der Waals surface area contributed by atoms with Crippen LogP contribution in [0.3, 0.4) is 0 Å². The third-order valence-corrected chi connectivity index (χ3v) is 3.21. The molecule has 0 aromatic heterocycles. The first kappa shape index (κ1) is 14.5. The van der Waals surface area contributed by atoms with Gasteiger partial charge < -0.3 is 11.1 Å². The number of carbonyl (C=O) groups excluding carboxylic acids is 1. The summed E-state index contributed by atoms with van der Waals surface area (Å²) < 4.78 is 0. The lowest BCUT2D eigenvalue weighted by Crippen LogP contribution is -2.52. The number of amides is 1. The van der Waals surface area contributed by atoms with Gasteiger partial charge in [0.25, 0.3) is 0 Å². The first-order valence-corrected chi connectivity index (χ1v) is 6.69. The lowest BCUT2D eigenvalue weighted by molar-refractivity contribution is -0.120. The van der Waals surface area contributed by atoms with Gasteiger partial charge in [0.15, 0.2) is 0 Å². The monoisotopic (exact) mass is 241 g/mol. The van der Waals surface area contributed by atoms with E-state index in [1.54, 1.807) is 0 Å². The van der Waals surface area contributed by atoms with Gasteiger partial charge in [0.2, 0.25) is 5.91 Å². The van der Waals surface area contributed by atoms with Crippen LogP contribution in [0.4, 0.5) is 0 Å². The van der Waals surface area contributed by atoms with Crippen LogP contribution in [0.2, 0.25) is 0 Å². The van der Waals surface area contributed by atoms with Gasteiger partial charge in [-0.3, -0.25) is 9.69 Å². The molecule has 100 valence electrons. The average Bonchev–Trinajstić information content (AvgIpc) is 2.98. The number of primary amides is 1. The Morgan fingerprint density at radius 1 is 1.35 bits per heavy atom. The van der Waals surface area contributed by atoms with Crippen LogP contribution in [0.15, 0.2) is 0 Å². The second kappa shape index (κ2) is 6.36. The summed E-state index contributed by atoms with van der Waals surface area (Å²) in [5.74, 6) is 0.588. The second-order valence-corrected chi connectivity index (χ2v) is 5.77. The maximum Gasteiger partial charge on any atom is 0.235 e. The van der Waals surface area contributed by atoms with Gasteiger partial charge in [-0.05, 0) is 32.6 Å². The quantitative estimate of drug-likeness (QED) is 0.665. The molecule has 1 saturated carbocycles. The molecule has 17 heavy (non-hydrogen) atoms. The van der Waals surface area contributed by atoms with Gasteiger partial charge in [-0.15, -0.1) is 0 Å². The van der Waals surface area contributed by atoms with Crippen LogP contribution in [0.1, 0.15) is 40.5 Å². The molecule has 0 aromatic rings. The molecule has 3 N–H and O–H groups in total. The molecule has 1 atom stereocenters. The first-order chi connectivity index (χ1) is 7.90. The summed E-state index contributed by atoms with van der Waals surface area (Å²) in [4.78, 5) is 13.8. The Morgan fingerprint density at radius 2 is 1.94 bits per heavy atom. The van der Waals surface area contributed by atoms with Gasteiger partial charge in [0.1, 0.15) is 0 Å². The van der Waals surface area contributed by atoms with Gasteiger partial charge in [-0.25, -0.2) is 0 Å². The average molecular weight is 241 g/mol. The molecule has 0 aromatic carbocycles. The number of nitrogens with two attached hydrogens (primary N) is 1. The molecule has 4 heteroatoms. The van der Waals surface area contributed by atoms with Crippen LogP contribution in [0.5, 0.6) is 0 Å². The smallest absolute Gasteiger partial charge is 0.235 e. The highest BCUT2D eigenvalue weighted by atomic mass is 16.1. The molecule has 0 bridgehead atoms. The molecule has 0 radical (unpaired) electrons. The minimum absolute atomic E-state index is 0.240. The van der Waals surface area contributed by atoms with E-state index in [2.05, 4.69) is 24.1 Å². The highest BCUT2D eigenvalue weighted by Crippen LogP contribution is 2.30. The van der Waals surface area contributed by atoms with Crippen LogP contribution in [0.25, 0.3) is 0 Å². The van der Waals surface area contributed by atoms with E-state index in [1.807, 2.05) is 13.8 Å². The standard InChI is InChI=1S/C13H27N3O/c1-9(2)15-12(13(14)17)8-16(10(3)4)7-11-5-6-11/h9-12,15H,5-8H2,1-4H3,(H2,14,17). The Kier molecular flexibility index (Phi) is 5.40. The van der Waals surface area contributed by atoms with Crippen molar-refractivity contribution in [2.45, 2.75) is 58.7 Å². The van der Waals surface area contributed by atoms with Crippen LogP contribution >= 0.6 is 0 Å². The molecule has 1 fully saturated rings. The predicted molar refractivity (Wildman–Crippen MR) is 70.7 cm³/mol. The number of nitrogens with zero attached hydrogens (tertiary/aromatic N) is 1. The van der Waals surface area contributed by atoms with Gasteiger partial charge >= 0.3 is 0 Å². The van der Waals surface area contributed by atoms with E-state index in [-0.39, 0.29) is 18.0 Å². The lowest BCUT2D eigenvalue weighted by Gasteiger charge is -2.30. The fraction of sp³-hybridized carbons (Fsp3) is 0.923. The summed E-state index contributed by atoms with van der Waals surface area (Å²) in [7, 11) is 0. The fourth-order valence-corrected chi connectivity index (χ4v) is 1.99. The number of hydrogen-bond acceptors (Lipinski definition) is 3. The van der Waals surface area contributed by atoms with Crippen LogP contribution in [-0.2, 0) is 4.79 Å². The summed E-state index contributed by atoms with van der Waals surface area (Å²) in [6.07, 6.45) is 2.67. The van der Waals surface area contributed by atoms with Crippen molar-refractivity contribution in [3.63, 3.8) is 0 Å². The molecular formula is C13H27N3O. The maximum atomic E-state index is 11.4. The molecule has 0 aliphatic heterocycles. The molecule has 0 heterocycles. The van der Waals surface area contributed by atoms with E-state index in [0.29, 0.717) is 6.04 Å². The highest BCUT2D eigenvalue weighted by Gasteiger charge is 2.28. The molecule has 1 rings (SSSR count). The minimum Gasteiger partial charge on any atom is -0.368 e. The molecule has 1 amide bonds. The Labute approximate surface area is 105 Å². The SMILES string of the molecule is CC(C)NC(CN(CC1CC1)C(C)C)C(N)=O. The van der Waals surface area contributed by atoms with Crippen molar-refractivity contribution in [1.29, 1.82) is 0 Å². The zero-order valence-corrected chi connectivity index (χ0v) is 11.6. The fourth-order valence-electron chi connectivity index (χ4n) is 1.99. The number of hydrogen-bond donors (Lipinski definition) is 2. The summed E-state index contributed by atoms with van der Waals surface area (Å²) in [5.41, 5.74) is 5.45. The molecule has 1 aliphatic rings. The number of carbonyl (C=O) groups is 1. The number of rotatable bonds is 8. The van der Waals surface area contributed by atoms with E-state index < -0.39 is 0 Å². The molecule has 4 nitrogen and oxygen atoms in total. The molecule has 0 saturated heterocycles. The zero-order valence-electron chi connectivity index (χ0n) is 11.6. The molecular weight excluding hydrogens is 214 g/mol. The van der Waals surface area contributed by atoms with Crippen LogP contribution < -0.4 is 11.1 Å². The van der Waals surface area contributed by atoms with E-state index in [9.17, 15) is 4.79 Å². The Balaban J connectivity index is 2.50. The summed E-state index contributed by atoms with van der Waals surface area (Å²) in [5, 5.41) is 3.24. The Morgan fingerprint density at radius 3 is 2.29 bits per heavy atom. The normalized spacial score (nSPS) is 18.1. The van der Waals surface area contributed by atoms with Gasteiger partial charge in [0.05, 0.1) is 6.04 Å². The Hall–Kier alpha value is -0.610. The second-order valence-electron chi connectivity index (χ2n) is 5.77. The van der Waals surface area contributed by atoms with Gasteiger partial charge in [-0.2, -0.15) is 0 Å². The van der Waals surface area contributed by atoms with Crippen LogP contribution in [0, 0.1) is 5.92 Å². The maximum absolute atomic E-state index is 11.4. The van der Waals surface area contributed by atoms with E-state index in [1.165, 1.54) is 12.8 Å². The third kappa shape index (κ3) is 5.50. The van der Waals surface area contributed by atoms with Crippen molar-refractivity contribution >= 4 is 5.91 Å². The predicted octanol–water partition coefficient (Wildman–Crippen LogP) is 0.959.